The number of thioether (sulfide) groups is 1. The van der Waals surface area contributed by atoms with E-state index in [0.29, 0.717) is 5.16 Å². The van der Waals surface area contributed by atoms with Crippen LogP contribution in [0.15, 0.2) is 11.2 Å². The number of rotatable bonds is 7. The van der Waals surface area contributed by atoms with Crippen molar-refractivity contribution < 1.29 is 19.4 Å². The Kier molecular flexibility index (Phi) is 6.40. The highest BCUT2D eigenvalue weighted by molar-refractivity contribution is 7.99. The van der Waals surface area contributed by atoms with Gasteiger partial charge in [-0.25, -0.2) is 14.8 Å². The molecule has 1 heterocycles. The minimum atomic E-state index is -1.13. The van der Waals surface area contributed by atoms with Crippen molar-refractivity contribution in [2.45, 2.75) is 25.0 Å². The lowest BCUT2D eigenvalue weighted by molar-refractivity contribution is -0.142. The Labute approximate surface area is 121 Å². The number of aromatic nitrogens is 2. The molecule has 1 atom stereocenters. The van der Waals surface area contributed by atoms with E-state index in [1.807, 2.05) is 19.9 Å². The van der Waals surface area contributed by atoms with Gasteiger partial charge in [0.05, 0.1) is 12.4 Å². The minimum absolute atomic E-state index is 0.0520. The standard InChI is InChI=1S/C12H17N3O4S/c1-7-4-8(2)14-12(13-7)20-6-10(16)15-9(5-19-3)11(17)18/h4,9H,5-6H2,1-3H3,(H,15,16)(H,17,18). The molecule has 8 heteroatoms. The van der Waals surface area contributed by atoms with Crippen LogP contribution in [0, 0.1) is 13.8 Å². The predicted octanol–water partition coefficient (Wildman–Crippen LogP) is 0.401. The fraction of sp³-hybridized carbons (Fsp3) is 0.500. The SMILES string of the molecule is COCC(NC(=O)CSc1nc(C)cc(C)n1)C(=O)O. The maximum Gasteiger partial charge on any atom is 0.328 e. The van der Waals surface area contributed by atoms with Gasteiger partial charge in [-0.15, -0.1) is 0 Å². The van der Waals surface area contributed by atoms with Crippen molar-refractivity contribution in [3.05, 3.63) is 17.5 Å². The third-order valence-corrected chi connectivity index (χ3v) is 3.11. The van der Waals surface area contributed by atoms with Crippen LogP contribution < -0.4 is 5.32 Å². The van der Waals surface area contributed by atoms with Crippen LogP contribution in [-0.2, 0) is 14.3 Å². The van der Waals surface area contributed by atoms with Gasteiger partial charge in [0.2, 0.25) is 5.91 Å². The fourth-order valence-corrected chi connectivity index (χ4v) is 2.23. The summed E-state index contributed by atoms with van der Waals surface area (Å²) in [6, 6.07) is 0.789. The normalized spacial score (nSPS) is 11.9. The highest BCUT2D eigenvalue weighted by atomic mass is 32.2. The summed E-state index contributed by atoms with van der Waals surface area (Å²) in [6.07, 6.45) is 0. The van der Waals surface area contributed by atoms with E-state index in [1.54, 1.807) is 0 Å². The number of methoxy groups -OCH3 is 1. The fourth-order valence-electron chi connectivity index (χ4n) is 1.47. The Morgan fingerprint density at radius 2 is 2.00 bits per heavy atom. The van der Waals surface area contributed by atoms with Gasteiger partial charge < -0.3 is 15.2 Å². The summed E-state index contributed by atoms with van der Waals surface area (Å²) in [5.41, 5.74) is 1.64. The van der Waals surface area contributed by atoms with Crippen molar-refractivity contribution in [2.75, 3.05) is 19.5 Å². The molecule has 0 aromatic carbocycles. The molecule has 0 saturated carbocycles. The number of carbonyl (C=O) groups is 2. The molecule has 2 N–H and O–H groups in total. The van der Waals surface area contributed by atoms with Gasteiger partial charge in [0.15, 0.2) is 11.2 Å². The molecule has 0 radical (unpaired) electrons. The third-order valence-electron chi connectivity index (χ3n) is 2.26. The monoisotopic (exact) mass is 299 g/mol. The number of carboxylic acid groups (broad SMARTS) is 1. The van der Waals surface area contributed by atoms with E-state index in [9.17, 15) is 9.59 Å². The number of hydrogen-bond donors (Lipinski definition) is 2. The highest BCUT2D eigenvalue weighted by Gasteiger charge is 2.19. The van der Waals surface area contributed by atoms with Gasteiger partial charge >= 0.3 is 5.97 Å². The van der Waals surface area contributed by atoms with E-state index in [4.69, 9.17) is 9.84 Å². The first-order valence-corrected chi connectivity index (χ1v) is 6.87. The predicted molar refractivity (Wildman–Crippen MR) is 73.7 cm³/mol. The van der Waals surface area contributed by atoms with Crippen LogP contribution in [0.1, 0.15) is 11.4 Å². The molecule has 0 bridgehead atoms. The lowest BCUT2D eigenvalue weighted by Crippen LogP contribution is -2.44. The molecule has 1 aromatic heterocycles. The molecule has 110 valence electrons. The third kappa shape index (κ3) is 5.54. The van der Waals surface area contributed by atoms with Crippen molar-refractivity contribution >= 4 is 23.6 Å². The minimum Gasteiger partial charge on any atom is -0.480 e. The molecular weight excluding hydrogens is 282 g/mol. The molecule has 20 heavy (non-hydrogen) atoms. The van der Waals surface area contributed by atoms with Crippen molar-refractivity contribution in [3.63, 3.8) is 0 Å². The molecule has 1 rings (SSSR count). The van der Waals surface area contributed by atoms with Crippen molar-refractivity contribution in [1.29, 1.82) is 0 Å². The highest BCUT2D eigenvalue weighted by Crippen LogP contribution is 2.13. The first-order chi connectivity index (χ1) is 9.42. The lowest BCUT2D eigenvalue weighted by Gasteiger charge is -2.13. The number of hydrogen-bond acceptors (Lipinski definition) is 6. The average Bonchev–Trinajstić information content (AvgIpc) is 2.34. The van der Waals surface area contributed by atoms with Crippen molar-refractivity contribution in [3.8, 4) is 0 Å². The molecule has 7 nitrogen and oxygen atoms in total. The van der Waals surface area contributed by atoms with E-state index in [0.717, 1.165) is 23.1 Å². The van der Waals surface area contributed by atoms with E-state index >= 15 is 0 Å². The number of nitrogens with zero attached hydrogens (tertiary/aromatic N) is 2. The maximum atomic E-state index is 11.7. The van der Waals surface area contributed by atoms with E-state index in [-0.39, 0.29) is 12.4 Å². The lowest BCUT2D eigenvalue weighted by atomic mass is 10.3. The average molecular weight is 299 g/mol. The summed E-state index contributed by atoms with van der Waals surface area (Å²) < 4.78 is 4.73. The number of aryl methyl sites for hydroxylation is 2. The Morgan fingerprint density at radius 1 is 1.40 bits per heavy atom. The summed E-state index contributed by atoms with van der Waals surface area (Å²) in [5, 5.41) is 11.8. The molecule has 0 aliphatic rings. The zero-order chi connectivity index (χ0) is 15.1. The van der Waals surface area contributed by atoms with E-state index < -0.39 is 17.9 Å². The van der Waals surface area contributed by atoms with Gasteiger partial charge in [0, 0.05) is 18.5 Å². The smallest absolute Gasteiger partial charge is 0.328 e. The largest absolute Gasteiger partial charge is 0.480 e. The number of amides is 1. The van der Waals surface area contributed by atoms with E-state index in [1.165, 1.54) is 7.11 Å². The number of aliphatic carboxylic acids is 1. The van der Waals surface area contributed by atoms with Crippen LogP contribution >= 0.6 is 11.8 Å². The van der Waals surface area contributed by atoms with Crippen LogP contribution in [0.3, 0.4) is 0 Å². The van der Waals surface area contributed by atoms with Gasteiger partial charge in [0.1, 0.15) is 0 Å². The first-order valence-electron chi connectivity index (χ1n) is 5.88. The molecule has 0 saturated heterocycles. The van der Waals surface area contributed by atoms with Gasteiger partial charge in [0.25, 0.3) is 0 Å². The summed E-state index contributed by atoms with van der Waals surface area (Å²) in [7, 11) is 1.38. The molecule has 1 unspecified atom stereocenters. The van der Waals surface area contributed by atoms with Crippen LogP contribution in [0.25, 0.3) is 0 Å². The van der Waals surface area contributed by atoms with E-state index in [2.05, 4.69) is 15.3 Å². The second-order valence-corrected chi connectivity index (χ2v) is 5.08. The van der Waals surface area contributed by atoms with Crippen molar-refractivity contribution in [1.82, 2.24) is 15.3 Å². The van der Waals surface area contributed by atoms with Crippen LogP contribution in [0.5, 0.6) is 0 Å². The second-order valence-electron chi connectivity index (χ2n) is 4.14. The second kappa shape index (κ2) is 7.81. The maximum absolute atomic E-state index is 11.7. The van der Waals surface area contributed by atoms with Gasteiger partial charge in [-0.1, -0.05) is 11.8 Å². The van der Waals surface area contributed by atoms with Gasteiger partial charge in [-0.2, -0.15) is 0 Å². The quantitative estimate of drug-likeness (QED) is 0.555. The number of ether oxygens (including phenoxy) is 1. The van der Waals surface area contributed by atoms with Crippen molar-refractivity contribution in [2.24, 2.45) is 0 Å². The van der Waals surface area contributed by atoms with Crippen LogP contribution in [0.2, 0.25) is 0 Å². The molecule has 1 aromatic rings. The zero-order valence-electron chi connectivity index (χ0n) is 11.5. The summed E-state index contributed by atoms with van der Waals surface area (Å²) in [6.45, 7) is 3.61. The molecule has 1 amide bonds. The topological polar surface area (TPSA) is 101 Å². The zero-order valence-corrected chi connectivity index (χ0v) is 12.4. The Balaban J connectivity index is 2.52. The van der Waals surface area contributed by atoms with Gasteiger partial charge in [-0.05, 0) is 19.9 Å². The Morgan fingerprint density at radius 3 is 2.50 bits per heavy atom. The molecule has 0 aliphatic heterocycles. The van der Waals surface area contributed by atoms with Gasteiger partial charge in [-0.3, -0.25) is 4.79 Å². The number of nitrogens with one attached hydrogen (secondary N) is 1. The summed E-state index contributed by atoms with van der Waals surface area (Å²) >= 11 is 1.16. The first kappa shape index (κ1) is 16.4. The number of carbonyl (C=O) groups excluding carboxylic acids is 1. The summed E-state index contributed by atoms with van der Waals surface area (Å²) in [5.74, 6) is -1.48. The summed E-state index contributed by atoms with van der Waals surface area (Å²) in [4.78, 5) is 30.9. The van der Waals surface area contributed by atoms with Crippen LogP contribution in [0.4, 0.5) is 0 Å². The van der Waals surface area contributed by atoms with Crippen LogP contribution in [-0.4, -0.2) is 52.5 Å². The molecule has 0 aliphatic carbocycles. The molecule has 0 spiro atoms. The Hall–Kier alpha value is -1.67. The number of carboxylic acids is 1. The Bertz CT molecular complexity index is 475. The molecular formula is C12H17N3O4S. The molecule has 0 fully saturated rings.